The molecule has 0 aromatic rings. The van der Waals surface area contributed by atoms with Gasteiger partial charge < -0.3 is 19.9 Å². The molecule has 146 valence electrons. The van der Waals surface area contributed by atoms with Crippen molar-refractivity contribution in [1.29, 1.82) is 0 Å². The average Bonchev–Trinajstić information content (AvgIpc) is 2.61. The Morgan fingerprint density at radius 2 is 1.80 bits per heavy atom. The molecule has 0 unspecified atom stereocenters. The second-order valence-corrected chi connectivity index (χ2v) is 5.84. The number of piperidine rings is 1. The number of carbonyl (C=O) groups excluding carboxylic acids is 2. The largest absolute Gasteiger partial charge is 0.469 e. The van der Waals surface area contributed by atoms with Crippen LogP contribution in [0.15, 0.2) is 4.99 Å². The Morgan fingerprint density at radius 3 is 2.28 bits per heavy atom. The number of halogens is 1. The molecule has 0 aromatic heterocycles. The van der Waals surface area contributed by atoms with E-state index >= 15 is 0 Å². The minimum atomic E-state index is -0.124. The van der Waals surface area contributed by atoms with Crippen molar-refractivity contribution in [3.63, 3.8) is 0 Å². The molecule has 0 spiro atoms. The number of amides is 1. The number of hydrogen-bond donors (Lipinski definition) is 1. The summed E-state index contributed by atoms with van der Waals surface area (Å²) in [4.78, 5) is 32.2. The number of likely N-dealkylation sites (tertiary alicyclic amines) is 1. The van der Waals surface area contributed by atoms with Gasteiger partial charge in [0.2, 0.25) is 5.91 Å². The summed E-state index contributed by atoms with van der Waals surface area (Å²) in [5.74, 6) is 0.831. The maximum absolute atomic E-state index is 12.0. The van der Waals surface area contributed by atoms with Crippen molar-refractivity contribution in [2.24, 2.45) is 10.9 Å². The number of aliphatic imine (C=N–C) groups is 1. The number of esters is 1. The van der Waals surface area contributed by atoms with Gasteiger partial charge in [0.15, 0.2) is 5.96 Å². The van der Waals surface area contributed by atoms with Gasteiger partial charge in [-0.2, -0.15) is 0 Å². The summed E-state index contributed by atoms with van der Waals surface area (Å²) in [5, 5.41) is 3.28. The van der Waals surface area contributed by atoms with Gasteiger partial charge in [0.05, 0.1) is 19.6 Å². The number of hydrogen-bond acceptors (Lipinski definition) is 4. The fourth-order valence-corrected chi connectivity index (χ4v) is 2.91. The number of guanidine groups is 1. The molecule has 1 fully saturated rings. The van der Waals surface area contributed by atoms with E-state index in [1.165, 1.54) is 7.11 Å². The first-order chi connectivity index (χ1) is 11.6. The van der Waals surface area contributed by atoms with Crippen molar-refractivity contribution in [2.75, 3.05) is 46.4 Å². The van der Waals surface area contributed by atoms with Crippen LogP contribution in [0.5, 0.6) is 0 Å². The Morgan fingerprint density at radius 1 is 1.20 bits per heavy atom. The van der Waals surface area contributed by atoms with E-state index in [1.807, 2.05) is 25.7 Å². The summed E-state index contributed by atoms with van der Waals surface area (Å²) in [7, 11) is 1.44. The van der Waals surface area contributed by atoms with Crippen LogP contribution in [0.1, 0.15) is 40.0 Å². The molecular weight excluding hydrogens is 435 g/mol. The maximum atomic E-state index is 12.0. The van der Waals surface area contributed by atoms with E-state index in [0.29, 0.717) is 13.0 Å². The van der Waals surface area contributed by atoms with E-state index < -0.39 is 0 Å². The number of carbonyl (C=O) groups is 2. The topological polar surface area (TPSA) is 74.2 Å². The minimum Gasteiger partial charge on any atom is -0.469 e. The Hall–Kier alpha value is -1.06. The molecule has 1 N–H and O–H groups in total. The average molecular weight is 468 g/mol. The predicted octanol–water partition coefficient (Wildman–Crippen LogP) is 1.71. The van der Waals surface area contributed by atoms with Crippen molar-refractivity contribution in [3.8, 4) is 0 Å². The zero-order valence-corrected chi connectivity index (χ0v) is 18.2. The Kier molecular flexibility index (Phi) is 12.6. The Bertz CT molecular complexity index is 434. The van der Waals surface area contributed by atoms with Crippen LogP contribution in [0.2, 0.25) is 0 Å². The molecule has 25 heavy (non-hydrogen) atoms. The molecule has 8 heteroatoms. The van der Waals surface area contributed by atoms with Crippen molar-refractivity contribution in [3.05, 3.63) is 0 Å². The van der Waals surface area contributed by atoms with Crippen molar-refractivity contribution < 1.29 is 14.3 Å². The molecule has 0 atom stereocenters. The summed E-state index contributed by atoms with van der Waals surface area (Å²) < 4.78 is 4.82. The molecule has 0 aromatic carbocycles. The highest BCUT2D eigenvalue weighted by molar-refractivity contribution is 14.0. The molecule has 0 bridgehead atoms. The fourth-order valence-electron chi connectivity index (χ4n) is 2.91. The van der Waals surface area contributed by atoms with Gasteiger partial charge in [0.1, 0.15) is 0 Å². The highest BCUT2D eigenvalue weighted by Crippen LogP contribution is 2.18. The van der Waals surface area contributed by atoms with Crippen LogP contribution in [0, 0.1) is 5.92 Å². The molecule has 0 aliphatic carbocycles. The third kappa shape index (κ3) is 7.79. The lowest BCUT2D eigenvalue weighted by Gasteiger charge is -2.33. The SMILES string of the molecule is CCNC(=NCCC(=O)N(CC)CC)N1CCC(C(=O)OC)CC1.I. The number of rotatable bonds is 7. The van der Waals surface area contributed by atoms with Gasteiger partial charge in [-0.15, -0.1) is 24.0 Å². The Labute approximate surface area is 168 Å². The first-order valence-electron chi connectivity index (χ1n) is 8.96. The maximum Gasteiger partial charge on any atom is 0.308 e. The lowest BCUT2D eigenvalue weighted by atomic mass is 9.97. The van der Waals surface area contributed by atoms with Crippen LogP contribution >= 0.6 is 24.0 Å². The molecular formula is C17H33IN4O3. The lowest BCUT2D eigenvalue weighted by molar-refractivity contribution is -0.146. The zero-order valence-electron chi connectivity index (χ0n) is 15.9. The van der Waals surface area contributed by atoms with E-state index in [0.717, 1.165) is 51.5 Å². The highest BCUT2D eigenvalue weighted by atomic mass is 127. The molecule has 1 heterocycles. The van der Waals surface area contributed by atoms with Crippen molar-refractivity contribution >= 4 is 41.8 Å². The lowest BCUT2D eigenvalue weighted by Crippen LogP contribution is -2.46. The summed E-state index contributed by atoms with van der Waals surface area (Å²) in [6.45, 7) is 10.3. The second kappa shape index (κ2) is 13.2. The van der Waals surface area contributed by atoms with Crippen LogP contribution in [0.4, 0.5) is 0 Å². The molecule has 0 saturated carbocycles. The number of methoxy groups -OCH3 is 1. The third-order valence-electron chi connectivity index (χ3n) is 4.37. The number of nitrogens with zero attached hydrogens (tertiary/aromatic N) is 3. The standard InChI is InChI=1S/C17H32N4O3.HI/c1-5-18-17(19-11-8-15(22)20(6-2)7-3)21-12-9-14(10-13-21)16(23)24-4;/h14H,5-13H2,1-4H3,(H,18,19);1H. The number of nitrogens with one attached hydrogen (secondary N) is 1. The molecule has 1 amide bonds. The van der Waals surface area contributed by atoms with Crippen LogP contribution in [0.25, 0.3) is 0 Å². The molecule has 7 nitrogen and oxygen atoms in total. The van der Waals surface area contributed by atoms with Gasteiger partial charge in [0, 0.05) is 39.1 Å². The zero-order chi connectivity index (χ0) is 17.9. The summed E-state index contributed by atoms with van der Waals surface area (Å²) in [6, 6.07) is 0. The van der Waals surface area contributed by atoms with E-state index in [2.05, 4.69) is 15.2 Å². The van der Waals surface area contributed by atoms with Gasteiger partial charge in [-0.25, -0.2) is 0 Å². The number of ether oxygens (including phenoxy) is 1. The molecule has 1 saturated heterocycles. The molecule has 1 aliphatic heterocycles. The van der Waals surface area contributed by atoms with Crippen molar-refractivity contribution in [2.45, 2.75) is 40.0 Å². The van der Waals surface area contributed by atoms with Crippen LogP contribution in [-0.2, 0) is 14.3 Å². The van der Waals surface area contributed by atoms with Gasteiger partial charge in [0.25, 0.3) is 0 Å². The normalized spacial score (nSPS) is 15.4. The van der Waals surface area contributed by atoms with Gasteiger partial charge in [-0.3, -0.25) is 14.6 Å². The summed E-state index contributed by atoms with van der Waals surface area (Å²) in [5.41, 5.74) is 0. The monoisotopic (exact) mass is 468 g/mol. The predicted molar refractivity (Wildman–Crippen MR) is 110 cm³/mol. The molecule has 1 aliphatic rings. The van der Waals surface area contributed by atoms with Crippen LogP contribution in [-0.4, -0.2) is 74.0 Å². The molecule has 0 radical (unpaired) electrons. The van der Waals surface area contributed by atoms with Crippen molar-refractivity contribution in [1.82, 2.24) is 15.1 Å². The van der Waals surface area contributed by atoms with Crippen LogP contribution < -0.4 is 5.32 Å². The van der Waals surface area contributed by atoms with E-state index in [1.54, 1.807) is 0 Å². The summed E-state index contributed by atoms with van der Waals surface area (Å²) >= 11 is 0. The minimum absolute atomic E-state index is 0. The van der Waals surface area contributed by atoms with Gasteiger partial charge in [-0.05, 0) is 33.6 Å². The highest BCUT2D eigenvalue weighted by Gasteiger charge is 2.26. The summed E-state index contributed by atoms with van der Waals surface area (Å²) in [6.07, 6.45) is 1.97. The van der Waals surface area contributed by atoms with E-state index in [9.17, 15) is 9.59 Å². The second-order valence-electron chi connectivity index (χ2n) is 5.84. The first kappa shape index (κ1) is 23.9. The van der Waals surface area contributed by atoms with E-state index in [-0.39, 0.29) is 41.8 Å². The fraction of sp³-hybridized carbons (Fsp3) is 0.824. The van der Waals surface area contributed by atoms with E-state index in [4.69, 9.17) is 4.74 Å². The first-order valence-corrected chi connectivity index (χ1v) is 8.96. The quantitative estimate of drug-likeness (QED) is 0.267. The molecule has 1 rings (SSSR count). The van der Waals surface area contributed by atoms with Gasteiger partial charge >= 0.3 is 5.97 Å². The third-order valence-corrected chi connectivity index (χ3v) is 4.37. The van der Waals surface area contributed by atoms with Crippen LogP contribution in [0.3, 0.4) is 0 Å². The Balaban J connectivity index is 0.00000576. The smallest absolute Gasteiger partial charge is 0.308 e. The van der Waals surface area contributed by atoms with Gasteiger partial charge in [-0.1, -0.05) is 0 Å².